The van der Waals surface area contributed by atoms with Crippen molar-refractivity contribution < 1.29 is 4.79 Å². The van der Waals surface area contributed by atoms with Gasteiger partial charge in [0, 0.05) is 13.2 Å². The highest BCUT2D eigenvalue weighted by Gasteiger charge is 2.19. The molecule has 0 aliphatic rings. The van der Waals surface area contributed by atoms with Crippen molar-refractivity contribution in [3.8, 4) is 0 Å². The van der Waals surface area contributed by atoms with Crippen LogP contribution in [0.4, 0.5) is 0 Å². The van der Waals surface area contributed by atoms with Crippen LogP contribution in [0.15, 0.2) is 59.5 Å². The van der Waals surface area contributed by atoms with E-state index in [1.807, 2.05) is 56.3 Å². The Hall–Kier alpha value is -3.41. The van der Waals surface area contributed by atoms with E-state index in [0.29, 0.717) is 22.4 Å². The zero-order valence-corrected chi connectivity index (χ0v) is 15.4. The molecule has 0 bridgehead atoms. The monoisotopic (exact) mass is 360 g/mol. The van der Waals surface area contributed by atoms with E-state index in [2.05, 4.69) is 10.3 Å². The van der Waals surface area contributed by atoms with Gasteiger partial charge in [-0.1, -0.05) is 36.4 Å². The number of aryl methyl sites for hydroxylation is 2. The molecule has 4 aromatic rings. The van der Waals surface area contributed by atoms with Gasteiger partial charge in [-0.3, -0.25) is 14.0 Å². The Morgan fingerprint density at radius 1 is 1.11 bits per heavy atom. The summed E-state index contributed by atoms with van der Waals surface area (Å²) >= 11 is 0. The number of nitrogens with one attached hydrogen (secondary N) is 1. The molecule has 1 unspecified atom stereocenters. The minimum absolute atomic E-state index is 0.146. The first kappa shape index (κ1) is 17.0. The van der Waals surface area contributed by atoms with Gasteiger partial charge in [0.05, 0.1) is 11.4 Å². The number of carbonyl (C=O) groups is 1. The number of rotatable bonds is 3. The third-order valence-electron chi connectivity index (χ3n) is 4.90. The van der Waals surface area contributed by atoms with Gasteiger partial charge in [-0.2, -0.15) is 0 Å². The van der Waals surface area contributed by atoms with Crippen LogP contribution in [-0.4, -0.2) is 19.9 Å². The van der Waals surface area contributed by atoms with E-state index in [-0.39, 0.29) is 17.5 Å². The predicted octanol–water partition coefficient (Wildman–Crippen LogP) is 2.99. The van der Waals surface area contributed by atoms with Gasteiger partial charge in [0.15, 0.2) is 0 Å². The maximum absolute atomic E-state index is 12.8. The van der Waals surface area contributed by atoms with E-state index < -0.39 is 0 Å². The van der Waals surface area contributed by atoms with Crippen LogP contribution >= 0.6 is 0 Å². The molecule has 3 heterocycles. The van der Waals surface area contributed by atoms with Crippen molar-refractivity contribution in [2.45, 2.75) is 19.9 Å². The molecule has 1 N–H and O–H groups in total. The summed E-state index contributed by atoms with van der Waals surface area (Å²) in [7, 11) is 1.76. The van der Waals surface area contributed by atoms with E-state index in [4.69, 9.17) is 0 Å². The average Bonchev–Trinajstić information content (AvgIpc) is 3.01. The van der Waals surface area contributed by atoms with Gasteiger partial charge in [-0.05, 0) is 37.1 Å². The fourth-order valence-corrected chi connectivity index (χ4v) is 3.34. The summed E-state index contributed by atoms with van der Waals surface area (Å²) in [5, 5.41) is 3.42. The number of hydrogen-bond acceptors (Lipinski definition) is 3. The molecule has 3 aromatic heterocycles. The molecule has 0 aliphatic carbocycles. The summed E-state index contributed by atoms with van der Waals surface area (Å²) in [4.78, 5) is 30.3. The van der Waals surface area contributed by atoms with Crippen LogP contribution in [0, 0.1) is 6.92 Å². The van der Waals surface area contributed by atoms with Crippen LogP contribution in [0.1, 0.15) is 34.6 Å². The highest BCUT2D eigenvalue weighted by Crippen LogP contribution is 2.18. The van der Waals surface area contributed by atoms with Crippen LogP contribution < -0.4 is 10.9 Å². The fraction of sp³-hybridized carbons (Fsp3) is 0.190. The first-order valence-electron chi connectivity index (χ1n) is 8.80. The molecule has 6 heteroatoms. The summed E-state index contributed by atoms with van der Waals surface area (Å²) < 4.78 is 3.20. The molecule has 1 aromatic carbocycles. The van der Waals surface area contributed by atoms with Crippen molar-refractivity contribution >= 4 is 22.6 Å². The Kier molecular flexibility index (Phi) is 4.03. The molecule has 0 spiro atoms. The number of amides is 1. The Morgan fingerprint density at radius 2 is 1.85 bits per heavy atom. The van der Waals surface area contributed by atoms with Gasteiger partial charge in [0.1, 0.15) is 17.0 Å². The molecule has 0 saturated heterocycles. The van der Waals surface area contributed by atoms with Crippen molar-refractivity contribution in [3.63, 3.8) is 0 Å². The standard InChI is InChI=1S/C21H20N4O2/c1-13-8-7-11-25-18(13)23-19-16(21(25)27)12-17(24(19)3)20(26)22-14(2)15-9-5-4-6-10-15/h4-12,14H,1-3H3,(H,22,26). The Morgan fingerprint density at radius 3 is 2.59 bits per heavy atom. The molecule has 4 rings (SSSR count). The van der Waals surface area contributed by atoms with E-state index >= 15 is 0 Å². The lowest BCUT2D eigenvalue weighted by molar-refractivity contribution is 0.0932. The molecule has 27 heavy (non-hydrogen) atoms. The van der Waals surface area contributed by atoms with Crippen LogP contribution in [0.3, 0.4) is 0 Å². The lowest BCUT2D eigenvalue weighted by Gasteiger charge is -2.14. The van der Waals surface area contributed by atoms with E-state index in [1.54, 1.807) is 23.9 Å². The van der Waals surface area contributed by atoms with E-state index in [0.717, 1.165) is 11.1 Å². The number of fused-ring (bicyclic) bond motifs is 2. The van der Waals surface area contributed by atoms with Gasteiger partial charge in [-0.25, -0.2) is 4.98 Å². The third-order valence-corrected chi connectivity index (χ3v) is 4.90. The van der Waals surface area contributed by atoms with Gasteiger partial charge in [0.25, 0.3) is 11.5 Å². The minimum atomic E-state index is -0.239. The van der Waals surface area contributed by atoms with Crippen molar-refractivity contribution in [1.82, 2.24) is 19.3 Å². The number of carbonyl (C=O) groups excluding carboxylic acids is 1. The first-order valence-corrected chi connectivity index (χ1v) is 8.80. The summed E-state index contributed by atoms with van der Waals surface area (Å²) in [6, 6.07) is 14.9. The topological polar surface area (TPSA) is 68.4 Å². The average molecular weight is 360 g/mol. The molecule has 1 amide bonds. The largest absolute Gasteiger partial charge is 0.344 e. The van der Waals surface area contributed by atoms with Crippen LogP contribution in [0.5, 0.6) is 0 Å². The van der Waals surface area contributed by atoms with E-state index in [1.165, 1.54) is 4.40 Å². The molecule has 136 valence electrons. The summed E-state index contributed by atoms with van der Waals surface area (Å²) in [6.07, 6.45) is 1.70. The molecule has 6 nitrogen and oxygen atoms in total. The highest BCUT2D eigenvalue weighted by molar-refractivity contribution is 5.98. The van der Waals surface area contributed by atoms with Gasteiger partial charge < -0.3 is 9.88 Å². The van der Waals surface area contributed by atoms with Gasteiger partial charge in [0.2, 0.25) is 0 Å². The van der Waals surface area contributed by atoms with Crippen LogP contribution in [0.25, 0.3) is 16.7 Å². The zero-order chi connectivity index (χ0) is 19.1. The van der Waals surface area contributed by atoms with E-state index in [9.17, 15) is 9.59 Å². The molecule has 0 saturated carbocycles. The number of pyridine rings is 1. The molecule has 1 atom stereocenters. The number of aromatic nitrogens is 3. The second-order valence-corrected chi connectivity index (χ2v) is 6.73. The maximum atomic E-state index is 12.8. The minimum Gasteiger partial charge on any atom is -0.344 e. The Bertz CT molecular complexity index is 1220. The lowest BCUT2D eigenvalue weighted by Crippen LogP contribution is -2.28. The summed E-state index contributed by atoms with van der Waals surface area (Å²) in [6.45, 7) is 3.84. The van der Waals surface area contributed by atoms with Crippen molar-refractivity contribution in [2.75, 3.05) is 0 Å². The first-order chi connectivity index (χ1) is 13.0. The number of benzene rings is 1. The number of hydrogen-bond donors (Lipinski definition) is 1. The van der Waals surface area contributed by atoms with Crippen LogP contribution in [-0.2, 0) is 7.05 Å². The highest BCUT2D eigenvalue weighted by atomic mass is 16.2. The normalized spacial score (nSPS) is 12.4. The predicted molar refractivity (Wildman–Crippen MR) is 105 cm³/mol. The molecule has 0 aliphatic heterocycles. The Balaban J connectivity index is 1.78. The zero-order valence-electron chi connectivity index (χ0n) is 15.4. The molecule has 0 radical (unpaired) electrons. The summed E-state index contributed by atoms with van der Waals surface area (Å²) in [5.41, 5.74) is 3.26. The molecular formula is C21H20N4O2. The second-order valence-electron chi connectivity index (χ2n) is 6.73. The van der Waals surface area contributed by atoms with Crippen molar-refractivity contribution in [1.29, 1.82) is 0 Å². The smallest absolute Gasteiger partial charge is 0.268 e. The maximum Gasteiger partial charge on any atom is 0.268 e. The van der Waals surface area contributed by atoms with Gasteiger partial charge in [-0.15, -0.1) is 0 Å². The summed E-state index contributed by atoms with van der Waals surface area (Å²) in [5.74, 6) is -0.239. The lowest BCUT2D eigenvalue weighted by atomic mass is 10.1. The van der Waals surface area contributed by atoms with Crippen molar-refractivity contribution in [2.24, 2.45) is 7.05 Å². The number of nitrogens with zero attached hydrogens (tertiary/aromatic N) is 3. The van der Waals surface area contributed by atoms with Crippen molar-refractivity contribution in [3.05, 3.63) is 81.9 Å². The van der Waals surface area contributed by atoms with Crippen LogP contribution in [0.2, 0.25) is 0 Å². The SMILES string of the molecule is Cc1cccn2c(=O)c3cc(C(=O)NC(C)c4ccccc4)n(C)c3nc12. The van der Waals surface area contributed by atoms with Gasteiger partial charge >= 0.3 is 0 Å². The Labute approximate surface area is 156 Å². The quantitative estimate of drug-likeness (QED) is 0.611. The molecule has 0 fully saturated rings. The second kappa shape index (κ2) is 6.39. The third kappa shape index (κ3) is 2.79. The molecular weight excluding hydrogens is 340 g/mol. The fourth-order valence-electron chi connectivity index (χ4n) is 3.34.